The molecule has 5 rings (SSSR count). The van der Waals surface area contributed by atoms with Gasteiger partial charge in [0.2, 0.25) is 0 Å². The fourth-order valence-electron chi connectivity index (χ4n) is 5.24. The predicted octanol–water partition coefficient (Wildman–Crippen LogP) is 4.41. The minimum atomic E-state index is -0.0165. The molecule has 202 valence electrons. The fourth-order valence-corrected chi connectivity index (χ4v) is 5.24. The minimum absolute atomic E-state index is 0.0165. The van der Waals surface area contributed by atoms with Gasteiger partial charge in [-0.1, -0.05) is 6.92 Å². The number of nitrogens with one attached hydrogen (secondary N) is 3. The van der Waals surface area contributed by atoms with E-state index < -0.39 is 0 Å². The number of carbonyl (C=O) groups excluding carboxylic acids is 1. The molecule has 0 spiro atoms. The number of aliphatic imine (C=N–C) groups is 1. The topological polar surface area (TPSA) is 97.9 Å². The molecule has 1 aliphatic heterocycles. The summed E-state index contributed by atoms with van der Waals surface area (Å²) < 4.78 is 6.19. The Morgan fingerprint density at radius 1 is 1.16 bits per heavy atom. The van der Waals surface area contributed by atoms with Crippen molar-refractivity contribution < 1.29 is 9.53 Å². The molecule has 0 radical (unpaired) electrons. The summed E-state index contributed by atoms with van der Waals surface area (Å²) in [6, 6.07) is 11.9. The third-order valence-corrected chi connectivity index (χ3v) is 7.56. The maximum absolute atomic E-state index is 13.0. The normalized spacial score (nSPS) is 18.1. The fraction of sp³-hybridized carbons (Fsp3) is 0.483. The van der Waals surface area contributed by atoms with Gasteiger partial charge in [0.25, 0.3) is 5.91 Å². The van der Waals surface area contributed by atoms with E-state index in [1.807, 2.05) is 47.5 Å². The highest BCUT2D eigenvalue weighted by atomic mass is 16.5. The van der Waals surface area contributed by atoms with Gasteiger partial charge < -0.3 is 30.2 Å². The van der Waals surface area contributed by atoms with Gasteiger partial charge in [-0.15, -0.1) is 0 Å². The molecular formula is C29H39N7O2. The molecule has 1 saturated heterocycles. The number of H-pyrrole nitrogens is 1. The molecule has 1 amide bonds. The van der Waals surface area contributed by atoms with E-state index in [4.69, 9.17) is 4.74 Å². The zero-order valence-corrected chi connectivity index (χ0v) is 22.7. The van der Waals surface area contributed by atoms with Crippen molar-refractivity contribution in [2.75, 3.05) is 45.6 Å². The lowest BCUT2D eigenvalue weighted by Crippen LogP contribution is -2.47. The van der Waals surface area contributed by atoms with Gasteiger partial charge in [0.1, 0.15) is 11.4 Å². The van der Waals surface area contributed by atoms with Crippen LogP contribution in [0.4, 0.5) is 5.69 Å². The second-order valence-corrected chi connectivity index (χ2v) is 10.3. The highest BCUT2D eigenvalue weighted by Gasteiger charge is 2.22. The SMILES string of the molecule is CCC(NC(=NC)Nc1ccc2[nH]c(C(=O)N3CCN(C)CC3)cc2c1)c1cc(OC2CCCC2)ccn1. The molecule has 2 fully saturated rings. The van der Waals surface area contributed by atoms with Crippen LogP contribution in [0.25, 0.3) is 10.9 Å². The summed E-state index contributed by atoms with van der Waals surface area (Å²) in [4.78, 5) is 29.5. The van der Waals surface area contributed by atoms with E-state index in [0.717, 1.165) is 73.5 Å². The number of benzene rings is 1. The highest BCUT2D eigenvalue weighted by molar-refractivity contribution is 6.00. The summed E-state index contributed by atoms with van der Waals surface area (Å²) in [5, 5.41) is 7.89. The van der Waals surface area contributed by atoms with Gasteiger partial charge >= 0.3 is 0 Å². The first-order valence-electron chi connectivity index (χ1n) is 13.8. The molecule has 2 aromatic heterocycles. The lowest BCUT2D eigenvalue weighted by atomic mass is 10.1. The average molecular weight is 518 g/mol. The Labute approximate surface area is 224 Å². The minimum Gasteiger partial charge on any atom is -0.490 e. The predicted molar refractivity (Wildman–Crippen MR) is 152 cm³/mol. The van der Waals surface area contributed by atoms with Crippen LogP contribution in [0, 0.1) is 0 Å². The van der Waals surface area contributed by atoms with Crippen LogP contribution in [0.3, 0.4) is 0 Å². The number of fused-ring (bicyclic) bond motifs is 1. The smallest absolute Gasteiger partial charge is 0.270 e. The molecule has 9 nitrogen and oxygen atoms in total. The van der Waals surface area contributed by atoms with Crippen molar-refractivity contribution in [3.05, 3.63) is 54.0 Å². The van der Waals surface area contributed by atoms with Crippen molar-refractivity contribution in [3.8, 4) is 5.75 Å². The number of nitrogens with zero attached hydrogens (tertiary/aromatic N) is 4. The first kappa shape index (κ1) is 26.0. The Bertz CT molecular complexity index is 1270. The van der Waals surface area contributed by atoms with Gasteiger partial charge in [0, 0.05) is 62.1 Å². The zero-order valence-electron chi connectivity index (χ0n) is 22.7. The lowest BCUT2D eigenvalue weighted by Gasteiger charge is -2.32. The maximum Gasteiger partial charge on any atom is 0.270 e. The number of aromatic nitrogens is 2. The molecule has 2 aliphatic rings. The zero-order chi connectivity index (χ0) is 26.5. The second kappa shape index (κ2) is 11.9. The first-order valence-corrected chi connectivity index (χ1v) is 13.8. The van der Waals surface area contributed by atoms with Crippen molar-refractivity contribution in [1.82, 2.24) is 25.1 Å². The number of aromatic amines is 1. The summed E-state index contributed by atoms with van der Waals surface area (Å²) in [6.45, 7) is 5.43. The lowest BCUT2D eigenvalue weighted by molar-refractivity contribution is 0.0659. The number of hydrogen-bond acceptors (Lipinski definition) is 5. The van der Waals surface area contributed by atoms with E-state index in [0.29, 0.717) is 17.8 Å². The van der Waals surface area contributed by atoms with Gasteiger partial charge in [-0.2, -0.15) is 0 Å². The van der Waals surface area contributed by atoms with E-state index in [2.05, 4.69) is 44.5 Å². The van der Waals surface area contributed by atoms with E-state index in [1.54, 1.807) is 7.05 Å². The molecule has 1 unspecified atom stereocenters. The van der Waals surface area contributed by atoms with Crippen LogP contribution < -0.4 is 15.4 Å². The number of rotatable bonds is 7. The number of ether oxygens (including phenoxy) is 1. The number of guanidine groups is 1. The van der Waals surface area contributed by atoms with Crippen LogP contribution in [-0.2, 0) is 0 Å². The van der Waals surface area contributed by atoms with Crippen molar-refractivity contribution >= 4 is 28.5 Å². The van der Waals surface area contributed by atoms with E-state index in [1.165, 1.54) is 12.8 Å². The van der Waals surface area contributed by atoms with Crippen LogP contribution in [0.1, 0.15) is 61.3 Å². The third kappa shape index (κ3) is 6.10. The molecule has 9 heteroatoms. The van der Waals surface area contributed by atoms with E-state index in [9.17, 15) is 4.79 Å². The Kier molecular flexibility index (Phi) is 8.12. The molecule has 3 aromatic rings. The van der Waals surface area contributed by atoms with Gasteiger partial charge in [-0.3, -0.25) is 14.8 Å². The number of carbonyl (C=O) groups is 1. The molecule has 1 aromatic carbocycles. The summed E-state index contributed by atoms with van der Waals surface area (Å²) in [5.41, 5.74) is 3.38. The van der Waals surface area contributed by atoms with Crippen LogP contribution in [-0.4, -0.2) is 78.0 Å². The molecule has 38 heavy (non-hydrogen) atoms. The van der Waals surface area contributed by atoms with Crippen molar-refractivity contribution in [3.63, 3.8) is 0 Å². The number of likely N-dealkylation sites (N-methyl/N-ethyl adjacent to an activating group) is 1. The molecule has 3 heterocycles. The van der Waals surface area contributed by atoms with Crippen molar-refractivity contribution in [2.24, 2.45) is 4.99 Å². The largest absolute Gasteiger partial charge is 0.490 e. The maximum atomic E-state index is 13.0. The van der Waals surface area contributed by atoms with Gasteiger partial charge in [-0.25, -0.2) is 0 Å². The number of anilines is 1. The molecule has 1 atom stereocenters. The van der Waals surface area contributed by atoms with Gasteiger partial charge in [0.05, 0.1) is 17.8 Å². The van der Waals surface area contributed by atoms with Gasteiger partial charge in [0.15, 0.2) is 5.96 Å². The molecule has 1 saturated carbocycles. The van der Waals surface area contributed by atoms with E-state index >= 15 is 0 Å². The molecule has 3 N–H and O–H groups in total. The Balaban J connectivity index is 1.25. The van der Waals surface area contributed by atoms with E-state index in [-0.39, 0.29) is 11.9 Å². The summed E-state index contributed by atoms with van der Waals surface area (Å²) in [6.07, 6.45) is 7.71. The third-order valence-electron chi connectivity index (χ3n) is 7.56. The standard InChI is InChI=1S/C29H39N7O2/c1-4-24(26-19-23(11-12-31-26)38-22-7-5-6-8-22)34-29(30-2)32-21-9-10-25-20(17-21)18-27(33-25)28(37)36-15-13-35(3)14-16-36/h9-12,17-19,22,24,33H,4-8,13-16H2,1-3H3,(H2,30,32,34). The number of pyridine rings is 1. The Morgan fingerprint density at radius 2 is 1.95 bits per heavy atom. The molecular weight excluding hydrogens is 478 g/mol. The number of amides is 1. The van der Waals surface area contributed by atoms with Gasteiger partial charge in [-0.05, 0) is 69.5 Å². The summed E-state index contributed by atoms with van der Waals surface area (Å²) in [5.74, 6) is 1.59. The van der Waals surface area contributed by atoms with Crippen molar-refractivity contribution in [2.45, 2.75) is 51.2 Å². The first-order chi connectivity index (χ1) is 18.5. The second-order valence-electron chi connectivity index (χ2n) is 10.3. The Morgan fingerprint density at radius 3 is 2.68 bits per heavy atom. The van der Waals surface area contributed by atoms with Crippen LogP contribution in [0.5, 0.6) is 5.75 Å². The number of hydrogen-bond donors (Lipinski definition) is 3. The van der Waals surface area contributed by atoms with Crippen LogP contribution in [0.2, 0.25) is 0 Å². The average Bonchev–Trinajstić information content (AvgIpc) is 3.61. The molecule has 1 aliphatic carbocycles. The van der Waals surface area contributed by atoms with Crippen LogP contribution in [0.15, 0.2) is 47.6 Å². The number of piperazine rings is 1. The van der Waals surface area contributed by atoms with Crippen molar-refractivity contribution in [1.29, 1.82) is 0 Å². The Hall–Kier alpha value is -3.59. The quantitative estimate of drug-likeness (QED) is 0.317. The molecule has 0 bridgehead atoms. The van der Waals surface area contributed by atoms with Crippen LogP contribution >= 0.6 is 0 Å². The monoisotopic (exact) mass is 517 g/mol. The summed E-state index contributed by atoms with van der Waals surface area (Å²) in [7, 11) is 3.85. The summed E-state index contributed by atoms with van der Waals surface area (Å²) >= 11 is 0. The highest BCUT2D eigenvalue weighted by Crippen LogP contribution is 2.26.